The molecule has 2 rings (SSSR count). The van der Waals surface area contributed by atoms with Gasteiger partial charge in [0.05, 0.1) is 6.54 Å². The Labute approximate surface area is 115 Å². The molecule has 1 aromatic carbocycles. The SMILES string of the molecule is Cc1ccc(NC(=O)CN2CCCNCC2)c(C)c1. The molecular weight excluding hydrogens is 238 g/mol. The maximum absolute atomic E-state index is 12.1. The van der Waals surface area contributed by atoms with Crippen LogP contribution in [-0.2, 0) is 4.79 Å². The van der Waals surface area contributed by atoms with Crippen LogP contribution in [0.3, 0.4) is 0 Å². The fraction of sp³-hybridized carbons (Fsp3) is 0.533. The van der Waals surface area contributed by atoms with Gasteiger partial charge in [0.1, 0.15) is 0 Å². The highest BCUT2D eigenvalue weighted by Gasteiger charge is 2.13. The molecule has 19 heavy (non-hydrogen) atoms. The smallest absolute Gasteiger partial charge is 0.238 e. The second-order valence-electron chi connectivity index (χ2n) is 5.25. The minimum Gasteiger partial charge on any atom is -0.325 e. The van der Waals surface area contributed by atoms with Crippen molar-refractivity contribution in [3.05, 3.63) is 29.3 Å². The summed E-state index contributed by atoms with van der Waals surface area (Å²) in [4.78, 5) is 14.3. The molecule has 1 aliphatic heterocycles. The van der Waals surface area contributed by atoms with E-state index in [1.807, 2.05) is 19.1 Å². The molecule has 0 unspecified atom stereocenters. The van der Waals surface area contributed by atoms with Gasteiger partial charge in [0.15, 0.2) is 0 Å². The quantitative estimate of drug-likeness (QED) is 0.867. The first-order chi connectivity index (χ1) is 9.15. The molecule has 0 bridgehead atoms. The van der Waals surface area contributed by atoms with Crippen molar-refractivity contribution in [1.29, 1.82) is 0 Å². The minimum absolute atomic E-state index is 0.0776. The maximum Gasteiger partial charge on any atom is 0.238 e. The number of hydrogen-bond acceptors (Lipinski definition) is 3. The lowest BCUT2D eigenvalue weighted by atomic mass is 10.1. The third-order valence-electron chi connectivity index (χ3n) is 3.46. The number of carbonyl (C=O) groups is 1. The molecule has 1 amide bonds. The number of nitrogens with one attached hydrogen (secondary N) is 2. The van der Waals surface area contributed by atoms with Crippen LogP contribution < -0.4 is 10.6 Å². The van der Waals surface area contributed by atoms with Gasteiger partial charge < -0.3 is 10.6 Å². The highest BCUT2D eigenvalue weighted by Crippen LogP contribution is 2.15. The zero-order valence-electron chi connectivity index (χ0n) is 11.8. The Morgan fingerprint density at radius 3 is 2.95 bits per heavy atom. The number of aryl methyl sites for hydroxylation is 2. The number of nitrogens with zero attached hydrogens (tertiary/aromatic N) is 1. The van der Waals surface area contributed by atoms with Crippen molar-refractivity contribution in [2.45, 2.75) is 20.3 Å². The van der Waals surface area contributed by atoms with Crippen LogP contribution in [0.4, 0.5) is 5.69 Å². The van der Waals surface area contributed by atoms with Gasteiger partial charge in [-0.25, -0.2) is 0 Å². The van der Waals surface area contributed by atoms with Gasteiger partial charge in [-0.05, 0) is 45.0 Å². The van der Waals surface area contributed by atoms with Gasteiger partial charge in [0.25, 0.3) is 0 Å². The van der Waals surface area contributed by atoms with E-state index in [4.69, 9.17) is 0 Å². The number of hydrogen-bond donors (Lipinski definition) is 2. The molecule has 0 aliphatic carbocycles. The first kappa shape index (κ1) is 14.0. The van der Waals surface area contributed by atoms with Crippen LogP contribution in [0, 0.1) is 13.8 Å². The highest BCUT2D eigenvalue weighted by atomic mass is 16.2. The molecule has 0 atom stereocenters. The number of carbonyl (C=O) groups excluding carboxylic acids is 1. The molecule has 1 heterocycles. The van der Waals surface area contributed by atoms with E-state index in [0.717, 1.165) is 43.9 Å². The summed E-state index contributed by atoms with van der Waals surface area (Å²) < 4.78 is 0. The molecule has 1 saturated heterocycles. The first-order valence-corrected chi connectivity index (χ1v) is 6.95. The van der Waals surface area contributed by atoms with E-state index < -0.39 is 0 Å². The molecule has 104 valence electrons. The van der Waals surface area contributed by atoms with Crippen molar-refractivity contribution in [2.75, 3.05) is 38.0 Å². The van der Waals surface area contributed by atoms with Crippen LogP contribution in [0.1, 0.15) is 17.5 Å². The Kier molecular flexibility index (Phi) is 4.93. The summed E-state index contributed by atoms with van der Waals surface area (Å²) in [7, 11) is 0. The summed E-state index contributed by atoms with van der Waals surface area (Å²) in [6.07, 6.45) is 1.11. The van der Waals surface area contributed by atoms with E-state index in [2.05, 4.69) is 28.5 Å². The molecule has 0 radical (unpaired) electrons. The number of anilines is 1. The average molecular weight is 261 g/mol. The third-order valence-corrected chi connectivity index (χ3v) is 3.46. The fourth-order valence-corrected chi connectivity index (χ4v) is 2.41. The lowest BCUT2D eigenvalue weighted by Crippen LogP contribution is -2.35. The molecule has 0 spiro atoms. The molecule has 1 aromatic rings. The Bertz CT molecular complexity index is 437. The van der Waals surface area contributed by atoms with Crippen molar-refractivity contribution >= 4 is 11.6 Å². The fourth-order valence-electron chi connectivity index (χ4n) is 2.41. The molecule has 1 fully saturated rings. The summed E-state index contributed by atoms with van der Waals surface area (Å²) in [5.74, 6) is 0.0776. The molecule has 1 aliphatic rings. The van der Waals surface area contributed by atoms with E-state index in [9.17, 15) is 4.79 Å². The van der Waals surface area contributed by atoms with Gasteiger partial charge in [-0.3, -0.25) is 9.69 Å². The zero-order valence-corrected chi connectivity index (χ0v) is 11.8. The van der Waals surface area contributed by atoms with Gasteiger partial charge >= 0.3 is 0 Å². The molecule has 2 N–H and O–H groups in total. The van der Waals surface area contributed by atoms with E-state index in [1.54, 1.807) is 0 Å². The second-order valence-corrected chi connectivity index (χ2v) is 5.25. The van der Waals surface area contributed by atoms with Crippen LogP contribution in [0.5, 0.6) is 0 Å². The topological polar surface area (TPSA) is 44.4 Å². The minimum atomic E-state index is 0.0776. The summed E-state index contributed by atoms with van der Waals surface area (Å²) >= 11 is 0. The summed E-state index contributed by atoms with van der Waals surface area (Å²) in [5, 5.41) is 6.35. The lowest BCUT2D eigenvalue weighted by molar-refractivity contribution is -0.117. The van der Waals surface area contributed by atoms with Crippen molar-refractivity contribution in [2.24, 2.45) is 0 Å². The van der Waals surface area contributed by atoms with E-state index in [1.165, 1.54) is 5.56 Å². The Morgan fingerprint density at radius 1 is 1.32 bits per heavy atom. The third kappa shape index (κ3) is 4.33. The number of amides is 1. The summed E-state index contributed by atoms with van der Waals surface area (Å²) in [5.41, 5.74) is 3.25. The molecule has 0 aromatic heterocycles. The predicted octanol–water partition coefficient (Wildman–Crippen LogP) is 1.54. The van der Waals surface area contributed by atoms with Gasteiger partial charge in [-0.15, -0.1) is 0 Å². The second kappa shape index (κ2) is 6.68. The standard InChI is InChI=1S/C15H23N3O/c1-12-4-5-14(13(2)10-12)17-15(19)11-18-8-3-6-16-7-9-18/h4-5,10,16H,3,6-9,11H2,1-2H3,(H,17,19). The van der Waals surface area contributed by atoms with Gasteiger partial charge in [-0.2, -0.15) is 0 Å². The van der Waals surface area contributed by atoms with Crippen LogP contribution in [0.15, 0.2) is 18.2 Å². The zero-order chi connectivity index (χ0) is 13.7. The van der Waals surface area contributed by atoms with Crippen molar-refractivity contribution in [1.82, 2.24) is 10.2 Å². The monoisotopic (exact) mass is 261 g/mol. The Balaban J connectivity index is 1.89. The van der Waals surface area contributed by atoms with Crippen LogP contribution in [0.2, 0.25) is 0 Å². The van der Waals surface area contributed by atoms with Crippen molar-refractivity contribution in [3.63, 3.8) is 0 Å². The average Bonchev–Trinajstić information content (AvgIpc) is 2.61. The van der Waals surface area contributed by atoms with E-state index >= 15 is 0 Å². The van der Waals surface area contributed by atoms with Crippen molar-refractivity contribution < 1.29 is 4.79 Å². The van der Waals surface area contributed by atoms with Crippen LogP contribution >= 0.6 is 0 Å². The highest BCUT2D eigenvalue weighted by molar-refractivity contribution is 5.93. The molecular formula is C15H23N3O. The van der Waals surface area contributed by atoms with Gasteiger partial charge in [0.2, 0.25) is 5.91 Å². The Hall–Kier alpha value is -1.39. The van der Waals surface area contributed by atoms with E-state index in [0.29, 0.717) is 6.54 Å². The first-order valence-electron chi connectivity index (χ1n) is 6.95. The van der Waals surface area contributed by atoms with Gasteiger partial charge in [0, 0.05) is 18.8 Å². The van der Waals surface area contributed by atoms with Gasteiger partial charge in [-0.1, -0.05) is 17.7 Å². The largest absolute Gasteiger partial charge is 0.325 e. The maximum atomic E-state index is 12.1. The summed E-state index contributed by atoms with van der Waals surface area (Å²) in [6.45, 7) is 8.52. The Morgan fingerprint density at radius 2 is 2.16 bits per heavy atom. The lowest BCUT2D eigenvalue weighted by Gasteiger charge is -2.19. The normalized spacial score (nSPS) is 16.9. The van der Waals surface area contributed by atoms with Crippen LogP contribution in [-0.4, -0.2) is 43.5 Å². The van der Waals surface area contributed by atoms with Crippen LogP contribution in [0.25, 0.3) is 0 Å². The molecule has 4 nitrogen and oxygen atoms in total. The number of benzene rings is 1. The van der Waals surface area contributed by atoms with Crippen molar-refractivity contribution in [3.8, 4) is 0 Å². The number of rotatable bonds is 3. The molecule has 0 saturated carbocycles. The summed E-state index contributed by atoms with van der Waals surface area (Å²) in [6, 6.07) is 6.09. The molecule has 4 heteroatoms. The predicted molar refractivity (Wildman–Crippen MR) is 78.5 cm³/mol. The van der Waals surface area contributed by atoms with E-state index in [-0.39, 0.29) is 5.91 Å².